The molecule has 0 aliphatic heterocycles. The summed E-state index contributed by atoms with van der Waals surface area (Å²) in [5, 5.41) is 0. The average molecular weight is 679 g/mol. The van der Waals surface area contributed by atoms with Crippen molar-refractivity contribution in [3.63, 3.8) is 0 Å². The Kier molecular flexibility index (Phi) is 29.4. The molecule has 0 amide bonds. The molecular formula is C36H73NO8P+. The van der Waals surface area contributed by atoms with Crippen LogP contribution in [0.25, 0.3) is 0 Å². The standard InChI is InChI=1S/C36H72NO8P/c1-6-8-10-12-14-16-17-18-19-21-22-24-26-28-35(38)42-32-34(33-44-46(40,41)43-31-30-37(3,4)5)45-36(39)29-27-25-23-20-15-13-11-9-7-2/h34H,6-33H2,1-5H3/p+1. The van der Waals surface area contributed by atoms with Crippen LogP contribution >= 0.6 is 7.82 Å². The molecule has 1 N–H and O–H groups in total. The molecule has 0 heterocycles. The van der Waals surface area contributed by atoms with Gasteiger partial charge in [0.2, 0.25) is 0 Å². The number of rotatable bonds is 34. The fourth-order valence-electron chi connectivity index (χ4n) is 5.13. The topological polar surface area (TPSA) is 108 Å². The van der Waals surface area contributed by atoms with Crippen molar-refractivity contribution in [2.45, 2.75) is 174 Å². The third-order valence-electron chi connectivity index (χ3n) is 8.14. The van der Waals surface area contributed by atoms with Crippen LogP contribution in [0.4, 0.5) is 0 Å². The van der Waals surface area contributed by atoms with Crippen molar-refractivity contribution in [1.29, 1.82) is 0 Å². The van der Waals surface area contributed by atoms with Crippen LogP contribution in [-0.4, -0.2) is 74.9 Å². The molecule has 0 aromatic heterocycles. The van der Waals surface area contributed by atoms with Gasteiger partial charge in [-0.1, -0.05) is 142 Å². The SMILES string of the molecule is CCCCCCCCCCCCCCCC(=O)OCC(COP(=O)(O)OCC[N+](C)(C)C)OC(=O)CCCCCCCCCCC. The summed E-state index contributed by atoms with van der Waals surface area (Å²) in [5.41, 5.74) is 0. The van der Waals surface area contributed by atoms with E-state index in [-0.39, 0.29) is 25.6 Å². The number of hydrogen-bond donors (Lipinski definition) is 1. The summed E-state index contributed by atoms with van der Waals surface area (Å²) in [6.07, 6.45) is 25.8. The van der Waals surface area contributed by atoms with Crippen LogP contribution in [0, 0.1) is 0 Å². The van der Waals surface area contributed by atoms with Crippen LogP contribution in [0.15, 0.2) is 0 Å². The Morgan fingerprint density at radius 1 is 0.587 bits per heavy atom. The van der Waals surface area contributed by atoms with Crippen molar-refractivity contribution in [3.8, 4) is 0 Å². The molecule has 9 nitrogen and oxygen atoms in total. The predicted molar refractivity (Wildman–Crippen MR) is 188 cm³/mol. The molecular weight excluding hydrogens is 605 g/mol. The maximum absolute atomic E-state index is 12.5. The Morgan fingerprint density at radius 3 is 1.39 bits per heavy atom. The molecule has 0 aliphatic carbocycles. The maximum Gasteiger partial charge on any atom is 0.472 e. The van der Waals surface area contributed by atoms with Crippen LogP contribution < -0.4 is 0 Å². The number of ether oxygens (including phenoxy) is 2. The zero-order chi connectivity index (χ0) is 34.4. The molecule has 0 fully saturated rings. The highest BCUT2D eigenvalue weighted by Crippen LogP contribution is 2.43. The molecule has 0 aromatic rings. The van der Waals surface area contributed by atoms with Crippen LogP contribution in [-0.2, 0) is 32.7 Å². The molecule has 0 aromatic carbocycles. The van der Waals surface area contributed by atoms with Gasteiger partial charge in [0, 0.05) is 12.8 Å². The van der Waals surface area contributed by atoms with Crippen LogP contribution in [0.3, 0.4) is 0 Å². The fraction of sp³-hybridized carbons (Fsp3) is 0.944. The summed E-state index contributed by atoms with van der Waals surface area (Å²) in [5.74, 6) is -0.794. The van der Waals surface area contributed by atoms with E-state index in [1.54, 1.807) is 0 Å². The Labute approximate surface area is 283 Å². The molecule has 46 heavy (non-hydrogen) atoms. The Hall–Kier alpha value is -0.990. The Balaban J connectivity index is 4.40. The Morgan fingerprint density at radius 2 is 0.978 bits per heavy atom. The largest absolute Gasteiger partial charge is 0.472 e. The summed E-state index contributed by atoms with van der Waals surface area (Å²) in [6.45, 7) is 4.40. The highest BCUT2D eigenvalue weighted by molar-refractivity contribution is 7.47. The third-order valence-corrected chi connectivity index (χ3v) is 9.12. The van der Waals surface area contributed by atoms with E-state index < -0.39 is 26.5 Å². The molecule has 0 bridgehead atoms. The zero-order valence-electron chi connectivity index (χ0n) is 30.6. The monoisotopic (exact) mass is 679 g/mol. The van der Waals surface area contributed by atoms with Crippen LogP contribution in [0.5, 0.6) is 0 Å². The average Bonchev–Trinajstić information content (AvgIpc) is 2.99. The molecule has 0 rings (SSSR count). The van der Waals surface area contributed by atoms with Crippen molar-refractivity contribution >= 4 is 19.8 Å². The van der Waals surface area contributed by atoms with Gasteiger partial charge in [-0.25, -0.2) is 4.57 Å². The molecule has 0 saturated carbocycles. The first-order chi connectivity index (χ1) is 22.0. The number of quaternary nitrogens is 1. The normalized spacial score (nSPS) is 13.8. The first kappa shape index (κ1) is 45.0. The minimum absolute atomic E-state index is 0.0362. The number of esters is 2. The van der Waals surface area contributed by atoms with Crippen molar-refractivity contribution in [2.75, 3.05) is 47.5 Å². The first-order valence-electron chi connectivity index (χ1n) is 18.8. The first-order valence-corrected chi connectivity index (χ1v) is 20.3. The number of carbonyl (C=O) groups is 2. The van der Waals surface area contributed by atoms with Crippen molar-refractivity contribution in [3.05, 3.63) is 0 Å². The lowest BCUT2D eigenvalue weighted by Crippen LogP contribution is -2.37. The van der Waals surface area contributed by atoms with Crippen LogP contribution in [0.1, 0.15) is 168 Å². The second-order valence-corrected chi connectivity index (χ2v) is 15.4. The quantitative estimate of drug-likeness (QED) is 0.0310. The summed E-state index contributed by atoms with van der Waals surface area (Å²) in [4.78, 5) is 35.0. The van der Waals surface area contributed by atoms with E-state index in [1.807, 2.05) is 21.1 Å². The summed E-state index contributed by atoms with van der Waals surface area (Å²) >= 11 is 0. The number of hydrogen-bond acceptors (Lipinski definition) is 7. The van der Waals surface area contributed by atoms with Gasteiger partial charge in [-0.15, -0.1) is 0 Å². The lowest BCUT2D eigenvalue weighted by Gasteiger charge is -2.24. The molecule has 2 unspecified atom stereocenters. The summed E-state index contributed by atoms with van der Waals surface area (Å²) in [7, 11) is 1.49. The number of likely N-dealkylation sites (N-methyl/N-ethyl adjacent to an activating group) is 1. The van der Waals surface area contributed by atoms with E-state index in [0.29, 0.717) is 23.9 Å². The lowest BCUT2D eigenvalue weighted by molar-refractivity contribution is -0.870. The van der Waals surface area contributed by atoms with Gasteiger partial charge in [0.05, 0.1) is 27.7 Å². The van der Waals surface area contributed by atoms with Gasteiger partial charge in [0.25, 0.3) is 0 Å². The van der Waals surface area contributed by atoms with E-state index in [9.17, 15) is 19.0 Å². The van der Waals surface area contributed by atoms with Crippen molar-refractivity contribution in [2.24, 2.45) is 0 Å². The number of phosphoric ester groups is 1. The van der Waals surface area contributed by atoms with E-state index >= 15 is 0 Å². The van der Waals surface area contributed by atoms with Gasteiger partial charge >= 0.3 is 19.8 Å². The highest BCUT2D eigenvalue weighted by atomic mass is 31.2. The van der Waals surface area contributed by atoms with Gasteiger partial charge in [-0.3, -0.25) is 18.6 Å². The molecule has 0 radical (unpaired) electrons. The summed E-state index contributed by atoms with van der Waals surface area (Å²) < 4.78 is 34.1. The molecule has 0 saturated heterocycles. The van der Waals surface area contributed by atoms with Crippen LogP contribution in [0.2, 0.25) is 0 Å². The van der Waals surface area contributed by atoms with Gasteiger partial charge in [-0.2, -0.15) is 0 Å². The minimum Gasteiger partial charge on any atom is -0.462 e. The predicted octanol–water partition coefficient (Wildman–Crippen LogP) is 9.68. The van der Waals surface area contributed by atoms with Gasteiger partial charge in [0.15, 0.2) is 6.10 Å². The van der Waals surface area contributed by atoms with E-state index in [2.05, 4.69) is 13.8 Å². The third kappa shape index (κ3) is 32.9. The molecule has 0 aliphatic rings. The van der Waals surface area contributed by atoms with E-state index in [4.69, 9.17) is 18.5 Å². The summed E-state index contributed by atoms with van der Waals surface area (Å²) in [6, 6.07) is 0. The Bertz CT molecular complexity index is 774. The number of carbonyl (C=O) groups excluding carboxylic acids is 2. The number of nitrogens with zero attached hydrogens (tertiary/aromatic N) is 1. The molecule has 2 atom stereocenters. The van der Waals surface area contributed by atoms with E-state index in [1.165, 1.54) is 103 Å². The zero-order valence-corrected chi connectivity index (χ0v) is 31.5. The lowest BCUT2D eigenvalue weighted by atomic mass is 10.0. The van der Waals surface area contributed by atoms with Gasteiger partial charge in [0.1, 0.15) is 19.8 Å². The fourth-order valence-corrected chi connectivity index (χ4v) is 5.87. The number of unbranched alkanes of at least 4 members (excludes halogenated alkanes) is 20. The van der Waals surface area contributed by atoms with Gasteiger partial charge < -0.3 is 18.9 Å². The van der Waals surface area contributed by atoms with Gasteiger partial charge in [-0.05, 0) is 12.8 Å². The number of phosphoric acid groups is 1. The highest BCUT2D eigenvalue weighted by Gasteiger charge is 2.27. The van der Waals surface area contributed by atoms with Crippen molar-refractivity contribution in [1.82, 2.24) is 0 Å². The van der Waals surface area contributed by atoms with E-state index in [0.717, 1.165) is 32.1 Å². The second kappa shape index (κ2) is 30.1. The molecule has 10 heteroatoms. The molecule has 274 valence electrons. The second-order valence-electron chi connectivity index (χ2n) is 14.0. The minimum atomic E-state index is -4.35. The van der Waals surface area contributed by atoms with Crippen molar-refractivity contribution < 1.29 is 42.1 Å². The maximum atomic E-state index is 12.5. The smallest absolute Gasteiger partial charge is 0.462 e. The molecule has 0 spiro atoms.